The molecule has 1 heterocycles. The number of aromatic nitrogens is 2. The standard InChI is InChI=1S/C11H7BrN2O3/c12-7-1-3-8(4-2-7)17-9-5-13-10(11(15)16)14-6-9/h1-6H,(H,15,16). The van der Waals surface area contributed by atoms with E-state index >= 15 is 0 Å². The van der Waals surface area contributed by atoms with Crippen LogP contribution in [0.5, 0.6) is 11.5 Å². The van der Waals surface area contributed by atoms with Crippen LogP contribution in [0.25, 0.3) is 0 Å². The Morgan fingerprint density at radius 1 is 1.12 bits per heavy atom. The average molecular weight is 295 g/mol. The summed E-state index contributed by atoms with van der Waals surface area (Å²) >= 11 is 3.31. The van der Waals surface area contributed by atoms with E-state index in [1.807, 2.05) is 12.1 Å². The third-order valence-electron chi connectivity index (χ3n) is 1.87. The number of carboxylic acid groups (broad SMARTS) is 1. The van der Waals surface area contributed by atoms with Gasteiger partial charge in [-0.05, 0) is 24.3 Å². The van der Waals surface area contributed by atoms with E-state index in [0.717, 1.165) is 4.47 Å². The summed E-state index contributed by atoms with van der Waals surface area (Å²) in [6.45, 7) is 0. The molecular weight excluding hydrogens is 288 g/mol. The van der Waals surface area contributed by atoms with Gasteiger partial charge in [0.25, 0.3) is 0 Å². The van der Waals surface area contributed by atoms with Crippen LogP contribution in [0, 0.1) is 0 Å². The first-order valence-corrected chi connectivity index (χ1v) is 5.43. The fourth-order valence-corrected chi connectivity index (χ4v) is 1.38. The Balaban J connectivity index is 2.13. The van der Waals surface area contributed by atoms with Crippen molar-refractivity contribution < 1.29 is 14.6 Å². The predicted molar refractivity (Wildman–Crippen MR) is 63.2 cm³/mol. The van der Waals surface area contributed by atoms with Crippen LogP contribution < -0.4 is 4.74 Å². The zero-order valence-electron chi connectivity index (χ0n) is 8.50. The SMILES string of the molecule is O=C(O)c1ncc(Oc2ccc(Br)cc2)cn1. The third kappa shape index (κ3) is 3.01. The van der Waals surface area contributed by atoms with Crippen molar-refractivity contribution in [3.05, 3.63) is 47.0 Å². The molecule has 2 aromatic rings. The molecule has 0 radical (unpaired) electrons. The van der Waals surface area contributed by atoms with Crippen molar-refractivity contribution in [1.82, 2.24) is 9.97 Å². The Morgan fingerprint density at radius 3 is 2.24 bits per heavy atom. The van der Waals surface area contributed by atoms with Crippen molar-refractivity contribution in [1.29, 1.82) is 0 Å². The van der Waals surface area contributed by atoms with Crippen LogP contribution in [0.15, 0.2) is 41.1 Å². The zero-order valence-corrected chi connectivity index (χ0v) is 10.1. The van der Waals surface area contributed by atoms with Crippen molar-refractivity contribution in [3.63, 3.8) is 0 Å². The van der Waals surface area contributed by atoms with Crippen molar-refractivity contribution in [2.24, 2.45) is 0 Å². The van der Waals surface area contributed by atoms with Gasteiger partial charge in [0.2, 0.25) is 5.82 Å². The molecule has 0 aliphatic heterocycles. The van der Waals surface area contributed by atoms with Crippen LogP contribution in [0.4, 0.5) is 0 Å². The maximum atomic E-state index is 10.5. The smallest absolute Gasteiger partial charge is 0.373 e. The highest BCUT2D eigenvalue weighted by atomic mass is 79.9. The number of hydrogen-bond donors (Lipinski definition) is 1. The normalized spacial score (nSPS) is 9.94. The molecule has 2 rings (SSSR count). The first-order valence-electron chi connectivity index (χ1n) is 4.64. The maximum absolute atomic E-state index is 10.5. The number of carbonyl (C=O) groups is 1. The second-order valence-electron chi connectivity index (χ2n) is 3.10. The zero-order chi connectivity index (χ0) is 12.3. The number of rotatable bonds is 3. The summed E-state index contributed by atoms with van der Waals surface area (Å²) in [7, 11) is 0. The molecular formula is C11H7BrN2O3. The van der Waals surface area contributed by atoms with E-state index in [1.165, 1.54) is 12.4 Å². The Morgan fingerprint density at radius 2 is 1.71 bits per heavy atom. The number of nitrogens with zero attached hydrogens (tertiary/aromatic N) is 2. The van der Waals surface area contributed by atoms with Gasteiger partial charge in [0.15, 0.2) is 5.75 Å². The molecule has 17 heavy (non-hydrogen) atoms. The first-order chi connectivity index (χ1) is 8.15. The minimum atomic E-state index is -1.17. The summed E-state index contributed by atoms with van der Waals surface area (Å²) in [6, 6.07) is 7.22. The lowest BCUT2D eigenvalue weighted by atomic mass is 10.3. The Kier molecular flexibility index (Phi) is 3.34. The van der Waals surface area contributed by atoms with Crippen molar-refractivity contribution in [3.8, 4) is 11.5 Å². The Labute approximate surface area is 105 Å². The Hall–Kier alpha value is -1.95. The Bertz CT molecular complexity index is 525. The van der Waals surface area contributed by atoms with Crippen LogP contribution in [0.3, 0.4) is 0 Å². The van der Waals surface area contributed by atoms with Gasteiger partial charge < -0.3 is 9.84 Å². The molecule has 0 atom stereocenters. The van der Waals surface area contributed by atoms with Gasteiger partial charge in [-0.25, -0.2) is 14.8 Å². The summed E-state index contributed by atoms with van der Waals surface area (Å²) in [6.07, 6.45) is 2.64. The van der Waals surface area contributed by atoms with Crippen LogP contribution >= 0.6 is 15.9 Å². The number of aromatic carboxylic acids is 1. The van der Waals surface area contributed by atoms with Crippen LogP contribution in [0.1, 0.15) is 10.6 Å². The average Bonchev–Trinajstić information content (AvgIpc) is 2.33. The second kappa shape index (κ2) is 4.92. The topological polar surface area (TPSA) is 72.3 Å². The molecule has 0 aliphatic rings. The molecule has 0 fully saturated rings. The minimum absolute atomic E-state index is 0.256. The highest BCUT2D eigenvalue weighted by Gasteiger charge is 2.06. The van der Waals surface area contributed by atoms with Gasteiger partial charge in [-0.2, -0.15) is 0 Å². The highest BCUT2D eigenvalue weighted by Crippen LogP contribution is 2.21. The van der Waals surface area contributed by atoms with Crippen molar-refractivity contribution >= 4 is 21.9 Å². The van der Waals surface area contributed by atoms with Crippen LogP contribution in [0.2, 0.25) is 0 Å². The van der Waals surface area contributed by atoms with E-state index in [2.05, 4.69) is 25.9 Å². The number of benzene rings is 1. The molecule has 1 aromatic carbocycles. The molecule has 1 N–H and O–H groups in total. The van der Waals surface area contributed by atoms with E-state index in [9.17, 15) is 4.79 Å². The summed E-state index contributed by atoms with van der Waals surface area (Å²) in [4.78, 5) is 17.8. The molecule has 6 heteroatoms. The third-order valence-corrected chi connectivity index (χ3v) is 2.40. The van der Waals surface area contributed by atoms with Gasteiger partial charge in [0, 0.05) is 4.47 Å². The van der Waals surface area contributed by atoms with Gasteiger partial charge in [0.1, 0.15) is 5.75 Å². The maximum Gasteiger partial charge on any atom is 0.373 e. The molecule has 0 amide bonds. The molecule has 5 nitrogen and oxygen atoms in total. The van der Waals surface area contributed by atoms with Crippen molar-refractivity contribution in [2.45, 2.75) is 0 Å². The van der Waals surface area contributed by atoms with Gasteiger partial charge in [-0.3, -0.25) is 0 Å². The summed E-state index contributed by atoms with van der Waals surface area (Å²) in [5.74, 6) is -0.412. The van der Waals surface area contributed by atoms with Crippen LogP contribution in [-0.4, -0.2) is 21.0 Å². The summed E-state index contributed by atoms with van der Waals surface area (Å²) in [5.41, 5.74) is 0. The van der Waals surface area contributed by atoms with Crippen LogP contribution in [-0.2, 0) is 0 Å². The predicted octanol–water partition coefficient (Wildman–Crippen LogP) is 2.73. The number of ether oxygens (including phenoxy) is 1. The van der Waals surface area contributed by atoms with E-state index in [-0.39, 0.29) is 5.82 Å². The molecule has 0 saturated heterocycles. The first kappa shape index (κ1) is 11.5. The van der Waals surface area contributed by atoms with E-state index < -0.39 is 5.97 Å². The fourth-order valence-electron chi connectivity index (χ4n) is 1.12. The molecule has 0 aliphatic carbocycles. The monoisotopic (exact) mass is 294 g/mol. The minimum Gasteiger partial charge on any atom is -0.475 e. The van der Waals surface area contributed by atoms with E-state index in [4.69, 9.17) is 9.84 Å². The molecule has 86 valence electrons. The molecule has 0 bridgehead atoms. The second-order valence-corrected chi connectivity index (χ2v) is 4.02. The summed E-state index contributed by atoms with van der Waals surface area (Å²) in [5, 5.41) is 8.62. The van der Waals surface area contributed by atoms with E-state index in [1.54, 1.807) is 12.1 Å². The van der Waals surface area contributed by atoms with Gasteiger partial charge in [-0.15, -0.1) is 0 Å². The molecule has 0 unspecified atom stereocenters. The quantitative estimate of drug-likeness (QED) is 0.942. The lowest BCUT2D eigenvalue weighted by Gasteiger charge is -2.04. The lowest BCUT2D eigenvalue weighted by molar-refractivity contribution is 0.0683. The van der Waals surface area contributed by atoms with E-state index in [0.29, 0.717) is 11.5 Å². The summed E-state index contributed by atoms with van der Waals surface area (Å²) < 4.78 is 6.38. The number of hydrogen-bond acceptors (Lipinski definition) is 4. The number of halogens is 1. The van der Waals surface area contributed by atoms with Crippen molar-refractivity contribution in [2.75, 3.05) is 0 Å². The molecule has 0 saturated carbocycles. The largest absolute Gasteiger partial charge is 0.475 e. The van der Waals surface area contributed by atoms with Gasteiger partial charge >= 0.3 is 5.97 Å². The fraction of sp³-hybridized carbons (Fsp3) is 0. The van der Waals surface area contributed by atoms with Gasteiger partial charge in [-0.1, -0.05) is 15.9 Å². The molecule has 0 spiro atoms. The molecule has 1 aromatic heterocycles. The number of carboxylic acids is 1. The van der Waals surface area contributed by atoms with Gasteiger partial charge in [0.05, 0.1) is 12.4 Å². The lowest BCUT2D eigenvalue weighted by Crippen LogP contribution is -2.03. The highest BCUT2D eigenvalue weighted by molar-refractivity contribution is 9.10.